The third-order valence-corrected chi connectivity index (χ3v) is 3.56. The number of nitrogens with two attached hydrogens (primary N) is 1. The van der Waals surface area contributed by atoms with E-state index < -0.39 is 5.97 Å². The van der Waals surface area contributed by atoms with Crippen molar-refractivity contribution >= 4 is 34.0 Å². The summed E-state index contributed by atoms with van der Waals surface area (Å²) in [5.41, 5.74) is 8.03. The van der Waals surface area contributed by atoms with Crippen LogP contribution in [-0.2, 0) is 16.0 Å². The molecule has 0 aliphatic carbocycles. The van der Waals surface area contributed by atoms with Crippen LogP contribution in [0.25, 0.3) is 0 Å². The van der Waals surface area contributed by atoms with Crippen molar-refractivity contribution in [2.75, 3.05) is 18.2 Å². The molecule has 0 atom stereocenters. The van der Waals surface area contributed by atoms with Crippen LogP contribution in [-0.4, -0.2) is 24.0 Å². The number of nitrogens with zero attached hydrogens (tertiary/aromatic N) is 1. The summed E-state index contributed by atoms with van der Waals surface area (Å²) in [5, 5.41) is 4.98. The van der Waals surface area contributed by atoms with Crippen LogP contribution in [0.2, 0.25) is 0 Å². The molecule has 1 heterocycles. The zero-order chi connectivity index (χ0) is 15.4. The van der Waals surface area contributed by atoms with E-state index in [1.54, 1.807) is 23.6 Å². The molecule has 0 radical (unpaired) electrons. The number of hydrogen-bond acceptors (Lipinski definition) is 6. The number of ether oxygens (including phenoxy) is 1. The predicted molar refractivity (Wildman–Crippen MR) is 81.4 cm³/mol. The van der Waals surface area contributed by atoms with E-state index in [1.807, 2.05) is 6.92 Å². The van der Waals surface area contributed by atoms with Gasteiger partial charge in [0.25, 0.3) is 0 Å². The molecule has 0 fully saturated rings. The summed E-state index contributed by atoms with van der Waals surface area (Å²) in [7, 11) is 1.33. The lowest BCUT2D eigenvalue weighted by Gasteiger charge is -2.09. The van der Waals surface area contributed by atoms with E-state index in [9.17, 15) is 9.59 Å². The third-order valence-electron chi connectivity index (χ3n) is 2.83. The lowest BCUT2D eigenvalue weighted by Crippen LogP contribution is -2.15. The highest BCUT2D eigenvalue weighted by Gasteiger charge is 2.11. The number of aryl methyl sites for hydroxylation is 1. The second kappa shape index (κ2) is 6.36. The smallest absolute Gasteiger partial charge is 0.337 e. The first kappa shape index (κ1) is 15.0. The lowest BCUT2D eigenvalue weighted by atomic mass is 10.1. The van der Waals surface area contributed by atoms with Crippen molar-refractivity contribution in [1.29, 1.82) is 0 Å². The van der Waals surface area contributed by atoms with Crippen LogP contribution in [0.5, 0.6) is 0 Å². The molecule has 1 aromatic carbocycles. The minimum atomic E-state index is -0.408. The van der Waals surface area contributed by atoms with E-state index in [4.69, 9.17) is 5.73 Å². The minimum Gasteiger partial charge on any atom is -0.465 e. The molecule has 0 saturated carbocycles. The van der Waals surface area contributed by atoms with Crippen LogP contribution in [0.15, 0.2) is 23.6 Å². The standard InChI is InChI=1S/C14H15N3O3S/c1-8-5-9(13(19)20-2)3-4-11(8)17-12(18)6-10-7-21-14(15)16-10/h3-5,7H,6H2,1-2H3,(H2,15,16)(H,17,18). The summed E-state index contributed by atoms with van der Waals surface area (Å²) in [4.78, 5) is 27.4. The minimum absolute atomic E-state index is 0.159. The molecule has 21 heavy (non-hydrogen) atoms. The molecule has 6 nitrogen and oxygen atoms in total. The Bertz CT molecular complexity index is 682. The van der Waals surface area contributed by atoms with Crippen LogP contribution in [0.3, 0.4) is 0 Å². The molecule has 0 aliphatic heterocycles. The number of methoxy groups -OCH3 is 1. The average Bonchev–Trinajstić information content (AvgIpc) is 2.85. The van der Waals surface area contributed by atoms with Crippen molar-refractivity contribution in [2.24, 2.45) is 0 Å². The van der Waals surface area contributed by atoms with Crippen LogP contribution in [0.4, 0.5) is 10.8 Å². The Labute approximate surface area is 125 Å². The van der Waals surface area contributed by atoms with Crippen LogP contribution in [0, 0.1) is 6.92 Å². The van der Waals surface area contributed by atoms with Gasteiger partial charge in [-0.25, -0.2) is 9.78 Å². The zero-order valence-electron chi connectivity index (χ0n) is 11.7. The average molecular weight is 305 g/mol. The Balaban J connectivity index is 2.05. The SMILES string of the molecule is COC(=O)c1ccc(NC(=O)Cc2csc(N)n2)c(C)c1. The van der Waals surface area contributed by atoms with Crippen molar-refractivity contribution in [1.82, 2.24) is 4.98 Å². The highest BCUT2D eigenvalue weighted by Crippen LogP contribution is 2.18. The van der Waals surface area contributed by atoms with E-state index >= 15 is 0 Å². The fraction of sp³-hybridized carbons (Fsp3) is 0.214. The fourth-order valence-electron chi connectivity index (χ4n) is 1.81. The molecule has 1 amide bonds. The highest BCUT2D eigenvalue weighted by molar-refractivity contribution is 7.13. The van der Waals surface area contributed by atoms with Gasteiger partial charge in [-0.05, 0) is 30.7 Å². The zero-order valence-corrected chi connectivity index (χ0v) is 12.5. The number of esters is 1. The molecule has 0 saturated heterocycles. The maximum absolute atomic E-state index is 11.9. The molecule has 2 rings (SSSR count). The van der Waals surface area contributed by atoms with Crippen molar-refractivity contribution < 1.29 is 14.3 Å². The van der Waals surface area contributed by atoms with Crippen molar-refractivity contribution in [3.63, 3.8) is 0 Å². The van der Waals surface area contributed by atoms with Crippen LogP contribution < -0.4 is 11.1 Å². The number of nitrogens with one attached hydrogen (secondary N) is 1. The summed E-state index contributed by atoms with van der Waals surface area (Å²) < 4.78 is 4.65. The monoisotopic (exact) mass is 305 g/mol. The molecule has 7 heteroatoms. The Morgan fingerprint density at radius 2 is 2.19 bits per heavy atom. The van der Waals surface area contributed by atoms with Gasteiger partial charge in [-0.15, -0.1) is 11.3 Å². The van der Waals surface area contributed by atoms with E-state index in [1.165, 1.54) is 18.4 Å². The van der Waals surface area contributed by atoms with Crippen molar-refractivity contribution in [3.05, 3.63) is 40.4 Å². The second-order valence-corrected chi connectivity index (χ2v) is 5.31. The number of amides is 1. The van der Waals surface area contributed by atoms with E-state index in [0.717, 1.165) is 5.56 Å². The van der Waals surface area contributed by atoms with Gasteiger partial charge in [-0.2, -0.15) is 0 Å². The second-order valence-electron chi connectivity index (χ2n) is 4.42. The first-order valence-corrected chi connectivity index (χ1v) is 7.06. The van der Waals surface area contributed by atoms with Gasteiger partial charge in [0.05, 0.1) is 24.8 Å². The van der Waals surface area contributed by atoms with E-state index in [-0.39, 0.29) is 12.3 Å². The van der Waals surface area contributed by atoms with Gasteiger partial charge in [-0.3, -0.25) is 4.79 Å². The summed E-state index contributed by atoms with van der Waals surface area (Å²) in [6.45, 7) is 1.81. The van der Waals surface area contributed by atoms with E-state index in [2.05, 4.69) is 15.0 Å². The quantitative estimate of drug-likeness (QED) is 0.843. The number of hydrogen-bond donors (Lipinski definition) is 2. The molecule has 0 bridgehead atoms. The molecular weight excluding hydrogens is 290 g/mol. The Hall–Kier alpha value is -2.41. The molecular formula is C14H15N3O3S. The Morgan fingerprint density at radius 1 is 1.43 bits per heavy atom. The van der Waals surface area contributed by atoms with Gasteiger partial charge < -0.3 is 15.8 Å². The van der Waals surface area contributed by atoms with Gasteiger partial charge in [0, 0.05) is 11.1 Å². The van der Waals surface area contributed by atoms with E-state index in [0.29, 0.717) is 22.1 Å². The van der Waals surface area contributed by atoms with Crippen molar-refractivity contribution in [2.45, 2.75) is 13.3 Å². The van der Waals surface area contributed by atoms with Gasteiger partial charge in [-0.1, -0.05) is 0 Å². The number of rotatable bonds is 4. The van der Waals surface area contributed by atoms with Gasteiger partial charge >= 0.3 is 5.97 Å². The summed E-state index contributed by atoms with van der Waals surface area (Å²) in [5.74, 6) is -0.594. The highest BCUT2D eigenvalue weighted by atomic mass is 32.1. The molecule has 110 valence electrons. The summed E-state index contributed by atoms with van der Waals surface area (Å²) >= 11 is 1.30. The van der Waals surface area contributed by atoms with Crippen LogP contribution in [0.1, 0.15) is 21.6 Å². The fourth-order valence-corrected chi connectivity index (χ4v) is 2.37. The number of aromatic nitrogens is 1. The van der Waals surface area contributed by atoms with Gasteiger partial charge in [0.1, 0.15) is 0 Å². The normalized spacial score (nSPS) is 10.2. The maximum atomic E-state index is 11.9. The maximum Gasteiger partial charge on any atom is 0.337 e. The molecule has 3 N–H and O–H groups in total. The number of nitrogen functional groups attached to an aromatic ring is 1. The summed E-state index contributed by atoms with van der Waals surface area (Å²) in [6, 6.07) is 4.95. The topological polar surface area (TPSA) is 94.3 Å². The molecule has 0 aliphatic rings. The third kappa shape index (κ3) is 3.79. The number of thiazole rings is 1. The Kier molecular flexibility index (Phi) is 4.54. The van der Waals surface area contributed by atoms with Crippen LogP contribution >= 0.6 is 11.3 Å². The predicted octanol–water partition coefficient (Wildman–Crippen LogP) is 2.00. The lowest BCUT2D eigenvalue weighted by molar-refractivity contribution is -0.115. The molecule has 0 unspecified atom stereocenters. The molecule has 2 aromatic rings. The first-order chi connectivity index (χ1) is 9.99. The van der Waals surface area contributed by atoms with Crippen molar-refractivity contribution in [3.8, 4) is 0 Å². The molecule has 1 aromatic heterocycles. The number of carbonyl (C=O) groups is 2. The largest absolute Gasteiger partial charge is 0.465 e. The summed E-state index contributed by atoms with van der Waals surface area (Å²) in [6.07, 6.45) is 0.159. The number of benzene rings is 1. The number of anilines is 2. The number of carbonyl (C=O) groups excluding carboxylic acids is 2. The Morgan fingerprint density at radius 3 is 2.76 bits per heavy atom. The van der Waals surface area contributed by atoms with Gasteiger partial charge in [0.15, 0.2) is 5.13 Å². The van der Waals surface area contributed by atoms with Gasteiger partial charge in [0.2, 0.25) is 5.91 Å². The molecule has 0 spiro atoms. The first-order valence-electron chi connectivity index (χ1n) is 6.18.